The molecule has 2 rings (SSSR count). The predicted molar refractivity (Wildman–Crippen MR) is 76.6 cm³/mol. The highest BCUT2D eigenvalue weighted by Gasteiger charge is 2.42. The van der Waals surface area contributed by atoms with E-state index in [4.69, 9.17) is 5.11 Å². The number of hydrogen-bond donors (Lipinski definition) is 1. The minimum Gasteiger partial charge on any atom is -0.481 e. The summed E-state index contributed by atoms with van der Waals surface area (Å²) in [6, 6.07) is -0.288. The molecule has 6 heteroatoms. The van der Waals surface area contributed by atoms with Gasteiger partial charge in [-0.2, -0.15) is 0 Å². The Morgan fingerprint density at radius 2 is 1.95 bits per heavy atom. The number of carbonyl (C=O) groups excluding carboxylic acids is 2. The molecule has 2 heterocycles. The van der Waals surface area contributed by atoms with Crippen LogP contribution < -0.4 is 0 Å². The lowest BCUT2D eigenvalue weighted by Crippen LogP contribution is -2.46. The summed E-state index contributed by atoms with van der Waals surface area (Å²) in [7, 11) is 0. The van der Waals surface area contributed by atoms with E-state index in [9.17, 15) is 14.4 Å². The molecule has 6 nitrogen and oxygen atoms in total. The van der Waals surface area contributed by atoms with Crippen molar-refractivity contribution in [2.45, 2.75) is 51.5 Å². The van der Waals surface area contributed by atoms with E-state index in [0.29, 0.717) is 25.3 Å². The maximum Gasteiger partial charge on any atom is 0.303 e. The van der Waals surface area contributed by atoms with Gasteiger partial charge in [0.05, 0.1) is 12.5 Å². The van der Waals surface area contributed by atoms with E-state index < -0.39 is 5.97 Å². The van der Waals surface area contributed by atoms with Gasteiger partial charge in [-0.15, -0.1) is 0 Å². The third-order valence-corrected chi connectivity index (χ3v) is 4.52. The Kier molecular flexibility index (Phi) is 5.33. The summed E-state index contributed by atoms with van der Waals surface area (Å²) in [4.78, 5) is 38.3. The Morgan fingerprint density at radius 3 is 2.52 bits per heavy atom. The Morgan fingerprint density at radius 1 is 1.29 bits per heavy atom. The van der Waals surface area contributed by atoms with Gasteiger partial charge in [0.25, 0.3) is 0 Å². The number of carboxylic acid groups (broad SMARTS) is 1. The quantitative estimate of drug-likeness (QED) is 0.743. The molecule has 2 saturated heterocycles. The molecule has 1 unspecified atom stereocenters. The van der Waals surface area contributed by atoms with Crippen LogP contribution in [0.25, 0.3) is 0 Å². The standard InChI is InChI=1S/C15H24N2O4/c1-2-7-17-13(18)10-12(15(17)21)16-8-5-11(6-9-16)3-4-14(19)20/h11-12H,2-10H2,1H3,(H,19,20). The molecule has 0 saturated carbocycles. The van der Waals surface area contributed by atoms with Crippen molar-refractivity contribution in [2.75, 3.05) is 19.6 Å². The third kappa shape index (κ3) is 3.81. The molecule has 1 atom stereocenters. The number of carboxylic acids is 1. The van der Waals surface area contributed by atoms with Gasteiger partial charge < -0.3 is 5.11 Å². The van der Waals surface area contributed by atoms with Crippen molar-refractivity contribution in [2.24, 2.45) is 5.92 Å². The molecule has 0 radical (unpaired) electrons. The number of imide groups is 1. The van der Waals surface area contributed by atoms with E-state index in [1.54, 1.807) is 0 Å². The summed E-state index contributed by atoms with van der Waals surface area (Å²) in [5.74, 6) is -0.425. The number of aliphatic carboxylic acids is 1. The van der Waals surface area contributed by atoms with Crippen molar-refractivity contribution in [1.29, 1.82) is 0 Å². The summed E-state index contributed by atoms with van der Waals surface area (Å²) in [5.41, 5.74) is 0. The van der Waals surface area contributed by atoms with E-state index in [1.165, 1.54) is 4.90 Å². The fraction of sp³-hybridized carbons (Fsp3) is 0.800. The fourth-order valence-corrected chi connectivity index (χ4v) is 3.29. The normalized spacial score (nSPS) is 24.8. The lowest BCUT2D eigenvalue weighted by atomic mass is 9.91. The van der Waals surface area contributed by atoms with E-state index in [0.717, 1.165) is 32.4 Å². The molecule has 0 spiro atoms. The number of likely N-dealkylation sites (tertiary alicyclic amines) is 2. The molecule has 0 aromatic carbocycles. The van der Waals surface area contributed by atoms with Crippen molar-refractivity contribution in [3.05, 3.63) is 0 Å². The van der Waals surface area contributed by atoms with Gasteiger partial charge in [0.2, 0.25) is 11.8 Å². The molecular weight excluding hydrogens is 272 g/mol. The van der Waals surface area contributed by atoms with Gasteiger partial charge in [0.15, 0.2) is 0 Å². The SMILES string of the molecule is CCCN1C(=O)CC(N2CCC(CCC(=O)O)CC2)C1=O. The molecule has 0 aromatic heterocycles. The van der Waals surface area contributed by atoms with Crippen LogP contribution in [0.3, 0.4) is 0 Å². The van der Waals surface area contributed by atoms with Gasteiger partial charge in [-0.25, -0.2) is 0 Å². The molecule has 2 amide bonds. The average molecular weight is 296 g/mol. The van der Waals surface area contributed by atoms with Crippen LogP contribution in [0.1, 0.15) is 45.4 Å². The fourth-order valence-electron chi connectivity index (χ4n) is 3.29. The van der Waals surface area contributed by atoms with Gasteiger partial charge in [0.1, 0.15) is 0 Å². The van der Waals surface area contributed by atoms with Crippen LogP contribution in [-0.2, 0) is 14.4 Å². The maximum absolute atomic E-state index is 12.3. The summed E-state index contributed by atoms with van der Waals surface area (Å²) in [6.07, 6.45) is 3.86. The summed E-state index contributed by atoms with van der Waals surface area (Å²) in [5, 5.41) is 8.71. The zero-order chi connectivity index (χ0) is 15.4. The van der Waals surface area contributed by atoms with Crippen LogP contribution in [0, 0.1) is 5.92 Å². The zero-order valence-electron chi connectivity index (χ0n) is 12.6. The topological polar surface area (TPSA) is 77.9 Å². The Hall–Kier alpha value is -1.43. The van der Waals surface area contributed by atoms with Crippen LogP contribution in [0.2, 0.25) is 0 Å². The second-order valence-corrected chi connectivity index (χ2v) is 6.02. The minimum atomic E-state index is -0.746. The van der Waals surface area contributed by atoms with Crippen LogP contribution in [0.15, 0.2) is 0 Å². The molecule has 2 aliphatic rings. The predicted octanol–water partition coefficient (Wildman–Crippen LogP) is 1.10. The van der Waals surface area contributed by atoms with E-state index in [1.807, 2.05) is 6.92 Å². The minimum absolute atomic E-state index is 0.0502. The van der Waals surface area contributed by atoms with E-state index >= 15 is 0 Å². The van der Waals surface area contributed by atoms with Gasteiger partial charge in [-0.3, -0.25) is 24.2 Å². The second-order valence-electron chi connectivity index (χ2n) is 6.02. The number of piperidine rings is 1. The molecule has 118 valence electrons. The highest BCUT2D eigenvalue weighted by molar-refractivity contribution is 6.05. The van der Waals surface area contributed by atoms with E-state index in [2.05, 4.69) is 4.90 Å². The Labute approximate surface area is 125 Å². The van der Waals surface area contributed by atoms with Crippen molar-refractivity contribution in [3.63, 3.8) is 0 Å². The highest BCUT2D eigenvalue weighted by Crippen LogP contribution is 2.27. The number of rotatable bonds is 6. The smallest absolute Gasteiger partial charge is 0.303 e. The first kappa shape index (κ1) is 15.9. The third-order valence-electron chi connectivity index (χ3n) is 4.52. The van der Waals surface area contributed by atoms with Crippen molar-refractivity contribution in [3.8, 4) is 0 Å². The molecule has 0 aromatic rings. The molecule has 21 heavy (non-hydrogen) atoms. The molecule has 1 N–H and O–H groups in total. The lowest BCUT2D eigenvalue weighted by molar-refractivity contribution is -0.140. The van der Waals surface area contributed by atoms with Crippen LogP contribution in [-0.4, -0.2) is 58.4 Å². The molecule has 0 aliphatic carbocycles. The maximum atomic E-state index is 12.3. The number of amides is 2. The van der Waals surface area contributed by atoms with Crippen LogP contribution in [0.4, 0.5) is 0 Å². The zero-order valence-corrected chi connectivity index (χ0v) is 12.6. The summed E-state index contributed by atoms with van der Waals surface area (Å²) >= 11 is 0. The largest absolute Gasteiger partial charge is 0.481 e. The van der Waals surface area contributed by atoms with Crippen LogP contribution >= 0.6 is 0 Å². The molecular formula is C15H24N2O4. The number of hydrogen-bond acceptors (Lipinski definition) is 4. The Balaban J connectivity index is 1.84. The Bertz CT molecular complexity index is 416. The second kappa shape index (κ2) is 7.02. The van der Waals surface area contributed by atoms with Gasteiger partial charge in [-0.05, 0) is 44.7 Å². The monoisotopic (exact) mass is 296 g/mol. The average Bonchev–Trinajstić information content (AvgIpc) is 2.74. The molecule has 2 fully saturated rings. The van der Waals surface area contributed by atoms with Crippen molar-refractivity contribution in [1.82, 2.24) is 9.80 Å². The van der Waals surface area contributed by atoms with E-state index in [-0.39, 0.29) is 24.3 Å². The van der Waals surface area contributed by atoms with Crippen molar-refractivity contribution < 1.29 is 19.5 Å². The highest BCUT2D eigenvalue weighted by atomic mass is 16.4. The van der Waals surface area contributed by atoms with Gasteiger partial charge in [0, 0.05) is 13.0 Å². The molecule has 2 aliphatic heterocycles. The van der Waals surface area contributed by atoms with Gasteiger partial charge in [-0.1, -0.05) is 6.92 Å². The van der Waals surface area contributed by atoms with Crippen LogP contribution in [0.5, 0.6) is 0 Å². The first-order chi connectivity index (χ1) is 10.0. The lowest BCUT2D eigenvalue weighted by Gasteiger charge is -2.34. The first-order valence-corrected chi connectivity index (χ1v) is 7.83. The first-order valence-electron chi connectivity index (χ1n) is 7.83. The van der Waals surface area contributed by atoms with Crippen molar-refractivity contribution >= 4 is 17.8 Å². The summed E-state index contributed by atoms with van der Waals surface area (Å²) in [6.45, 7) is 4.05. The number of nitrogens with zero attached hydrogens (tertiary/aromatic N) is 2. The number of carbonyl (C=O) groups is 3. The molecule has 0 bridgehead atoms. The van der Waals surface area contributed by atoms with Gasteiger partial charge >= 0.3 is 5.97 Å². The summed E-state index contributed by atoms with van der Waals surface area (Å²) < 4.78 is 0.